The van der Waals surface area contributed by atoms with Crippen LogP contribution in [0, 0.1) is 11.3 Å². The first-order valence-corrected chi connectivity index (χ1v) is 6.75. The number of carbonyl (C=O) groups excluding carboxylic acids is 1. The number of rotatable bonds is 2. The van der Waals surface area contributed by atoms with Crippen LogP contribution in [0.2, 0.25) is 0 Å². The molecule has 3 unspecified atom stereocenters. The molecular weight excluding hydrogens is 212 g/mol. The van der Waals surface area contributed by atoms with Crippen molar-refractivity contribution in [2.75, 3.05) is 13.1 Å². The van der Waals surface area contributed by atoms with Gasteiger partial charge in [0.2, 0.25) is 5.91 Å². The summed E-state index contributed by atoms with van der Waals surface area (Å²) in [4.78, 5) is 14.4. The Morgan fingerprint density at radius 1 is 1.29 bits per heavy atom. The summed E-state index contributed by atoms with van der Waals surface area (Å²) in [5.74, 6) is 0.734. The average Bonchev–Trinajstić information content (AvgIpc) is 2.15. The van der Waals surface area contributed by atoms with E-state index < -0.39 is 0 Å². The molecule has 0 radical (unpaired) electrons. The Balaban J connectivity index is 2.62. The van der Waals surface area contributed by atoms with E-state index in [-0.39, 0.29) is 5.41 Å². The second-order valence-electron chi connectivity index (χ2n) is 6.63. The van der Waals surface area contributed by atoms with Gasteiger partial charge in [-0.25, -0.2) is 0 Å². The van der Waals surface area contributed by atoms with Gasteiger partial charge in [-0.1, -0.05) is 27.7 Å². The van der Waals surface area contributed by atoms with Crippen LogP contribution in [-0.2, 0) is 4.79 Å². The summed E-state index contributed by atoms with van der Waals surface area (Å²) in [6.07, 6.45) is 0.665. The first-order chi connectivity index (χ1) is 7.73. The maximum atomic E-state index is 12.4. The zero-order valence-corrected chi connectivity index (χ0v) is 12.2. The lowest BCUT2D eigenvalue weighted by Gasteiger charge is -2.41. The molecule has 100 valence electrons. The third kappa shape index (κ3) is 3.70. The van der Waals surface area contributed by atoms with Crippen LogP contribution < -0.4 is 5.32 Å². The molecule has 0 aromatic carbocycles. The molecule has 0 bridgehead atoms. The fourth-order valence-corrected chi connectivity index (χ4v) is 2.30. The number of piperazine rings is 1. The SMILES string of the molecule is CC1CNCC(C)N1C(=O)CC(C)C(C)(C)C. The largest absolute Gasteiger partial charge is 0.335 e. The first kappa shape index (κ1) is 14.5. The van der Waals surface area contributed by atoms with Gasteiger partial charge in [0.1, 0.15) is 0 Å². The van der Waals surface area contributed by atoms with Crippen LogP contribution in [0.25, 0.3) is 0 Å². The van der Waals surface area contributed by atoms with E-state index in [1.807, 2.05) is 0 Å². The first-order valence-electron chi connectivity index (χ1n) is 6.75. The molecule has 1 rings (SSSR count). The highest BCUT2D eigenvalue weighted by Crippen LogP contribution is 2.29. The highest BCUT2D eigenvalue weighted by molar-refractivity contribution is 5.77. The number of nitrogens with zero attached hydrogens (tertiary/aromatic N) is 1. The average molecular weight is 240 g/mol. The predicted octanol–water partition coefficient (Wildman–Crippen LogP) is 2.27. The lowest BCUT2D eigenvalue weighted by molar-refractivity contribution is -0.138. The second kappa shape index (κ2) is 5.38. The fraction of sp³-hybridized carbons (Fsp3) is 0.929. The van der Waals surface area contributed by atoms with Crippen LogP contribution in [-0.4, -0.2) is 36.0 Å². The standard InChI is InChI=1S/C14H28N2O/c1-10(14(4,5)6)7-13(17)16-11(2)8-15-9-12(16)3/h10-12,15H,7-9H2,1-6H3. The Morgan fingerprint density at radius 3 is 2.18 bits per heavy atom. The molecular formula is C14H28N2O. The molecule has 1 saturated heterocycles. The van der Waals surface area contributed by atoms with E-state index in [1.165, 1.54) is 0 Å². The van der Waals surface area contributed by atoms with Crippen molar-refractivity contribution in [1.29, 1.82) is 0 Å². The van der Waals surface area contributed by atoms with Gasteiger partial charge in [0, 0.05) is 31.6 Å². The van der Waals surface area contributed by atoms with Gasteiger partial charge in [0.05, 0.1) is 0 Å². The molecule has 3 nitrogen and oxygen atoms in total. The molecule has 3 atom stereocenters. The maximum absolute atomic E-state index is 12.4. The normalized spacial score (nSPS) is 28.0. The molecule has 1 fully saturated rings. The van der Waals surface area contributed by atoms with E-state index in [2.05, 4.69) is 51.8 Å². The highest BCUT2D eigenvalue weighted by Gasteiger charge is 2.31. The minimum Gasteiger partial charge on any atom is -0.335 e. The number of nitrogens with one attached hydrogen (secondary N) is 1. The van der Waals surface area contributed by atoms with E-state index in [0.717, 1.165) is 13.1 Å². The van der Waals surface area contributed by atoms with Crippen molar-refractivity contribution in [3.05, 3.63) is 0 Å². The van der Waals surface area contributed by atoms with Crippen LogP contribution >= 0.6 is 0 Å². The van der Waals surface area contributed by atoms with Gasteiger partial charge in [-0.05, 0) is 25.2 Å². The fourth-order valence-electron chi connectivity index (χ4n) is 2.30. The third-order valence-corrected chi connectivity index (χ3v) is 4.08. The summed E-state index contributed by atoms with van der Waals surface area (Å²) in [5, 5.41) is 3.36. The van der Waals surface area contributed by atoms with E-state index >= 15 is 0 Å². The summed E-state index contributed by atoms with van der Waals surface area (Å²) in [7, 11) is 0. The zero-order chi connectivity index (χ0) is 13.2. The van der Waals surface area contributed by atoms with Gasteiger partial charge in [-0.2, -0.15) is 0 Å². The molecule has 1 aliphatic rings. The van der Waals surface area contributed by atoms with Gasteiger partial charge in [0.25, 0.3) is 0 Å². The summed E-state index contributed by atoms with van der Waals surface area (Å²) in [6.45, 7) is 14.9. The van der Waals surface area contributed by atoms with Gasteiger partial charge in [-0.3, -0.25) is 4.79 Å². The molecule has 1 aliphatic heterocycles. The molecule has 0 aliphatic carbocycles. The molecule has 0 aromatic rings. The molecule has 0 saturated carbocycles. The number of amides is 1. The predicted molar refractivity (Wildman–Crippen MR) is 71.9 cm³/mol. The van der Waals surface area contributed by atoms with Crippen molar-refractivity contribution in [3.63, 3.8) is 0 Å². The molecule has 17 heavy (non-hydrogen) atoms. The van der Waals surface area contributed by atoms with Crippen molar-refractivity contribution in [2.45, 2.75) is 60.0 Å². The Kier molecular flexibility index (Phi) is 4.59. The Bertz CT molecular complexity index is 260. The van der Waals surface area contributed by atoms with Crippen molar-refractivity contribution >= 4 is 5.91 Å². The van der Waals surface area contributed by atoms with Crippen molar-refractivity contribution in [1.82, 2.24) is 10.2 Å². The van der Waals surface area contributed by atoms with Crippen molar-refractivity contribution in [3.8, 4) is 0 Å². The third-order valence-electron chi connectivity index (χ3n) is 4.08. The van der Waals surface area contributed by atoms with Gasteiger partial charge >= 0.3 is 0 Å². The van der Waals surface area contributed by atoms with Crippen LogP contribution in [0.3, 0.4) is 0 Å². The lowest BCUT2D eigenvalue weighted by Crippen LogP contribution is -2.57. The Labute approximate surface area is 106 Å². The van der Waals surface area contributed by atoms with E-state index in [1.54, 1.807) is 0 Å². The lowest BCUT2D eigenvalue weighted by atomic mass is 9.80. The number of carbonyl (C=O) groups is 1. The number of hydrogen-bond acceptors (Lipinski definition) is 2. The molecule has 1 amide bonds. The molecule has 0 aromatic heterocycles. The highest BCUT2D eigenvalue weighted by atomic mass is 16.2. The van der Waals surface area contributed by atoms with Crippen LogP contribution in [0.5, 0.6) is 0 Å². The zero-order valence-electron chi connectivity index (χ0n) is 12.2. The van der Waals surface area contributed by atoms with Crippen molar-refractivity contribution in [2.24, 2.45) is 11.3 Å². The Hall–Kier alpha value is -0.570. The maximum Gasteiger partial charge on any atom is 0.223 e. The molecule has 1 N–H and O–H groups in total. The summed E-state index contributed by atoms with van der Waals surface area (Å²) >= 11 is 0. The summed E-state index contributed by atoms with van der Waals surface area (Å²) in [5.41, 5.74) is 0.205. The van der Waals surface area contributed by atoms with Crippen molar-refractivity contribution < 1.29 is 4.79 Å². The summed E-state index contributed by atoms with van der Waals surface area (Å²) in [6, 6.07) is 0.636. The molecule has 0 spiro atoms. The number of hydrogen-bond donors (Lipinski definition) is 1. The van der Waals surface area contributed by atoms with E-state index in [0.29, 0.717) is 30.3 Å². The molecule has 3 heteroatoms. The Morgan fingerprint density at radius 2 is 1.76 bits per heavy atom. The summed E-state index contributed by atoms with van der Waals surface area (Å²) < 4.78 is 0. The van der Waals surface area contributed by atoms with E-state index in [4.69, 9.17) is 0 Å². The smallest absolute Gasteiger partial charge is 0.223 e. The van der Waals surface area contributed by atoms with Gasteiger partial charge in [-0.15, -0.1) is 0 Å². The van der Waals surface area contributed by atoms with Crippen LogP contribution in [0.1, 0.15) is 48.0 Å². The van der Waals surface area contributed by atoms with Gasteiger partial charge < -0.3 is 10.2 Å². The van der Waals surface area contributed by atoms with Gasteiger partial charge in [0.15, 0.2) is 0 Å². The van der Waals surface area contributed by atoms with Crippen LogP contribution in [0.4, 0.5) is 0 Å². The quantitative estimate of drug-likeness (QED) is 0.803. The van der Waals surface area contributed by atoms with E-state index in [9.17, 15) is 4.79 Å². The minimum absolute atomic E-state index is 0.205. The second-order valence-corrected chi connectivity index (χ2v) is 6.63. The topological polar surface area (TPSA) is 32.3 Å². The molecule has 1 heterocycles. The minimum atomic E-state index is 0.205. The monoisotopic (exact) mass is 240 g/mol. The van der Waals surface area contributed by atoms with Crippen LogP contribution in [0.15, 0.2) is 0 Å².